The van der Waals surface area contributed by atoms with Crippen molar-refractivity contribution in [1.82, 2.24) is 5.16 Å². The van der Waals surface area contributed by atoms with Crippen LogP contribution in [0.2, 0.25) is 0 Å². The first kappa shape index (κ1) is 8.23. The molecule has 0 radical (unpaired) electrons. The monoisotopic (exact) mass is 156 g/mol. The van der Waals surface area contributed by atoms with Crippen LogP contribution in [0, 0.1) is 6.92 Å². The summed E-state index contributed by atoms with van der Waals surface area (Å²) in [5.74, 6) is 5.92. The van der Waals surface area contributed by atoms with Crippen molar-refractivity contribution in [3.05, 3.63) is 17.5 Å². The van der Waals surface area contributed by atoms with E-state index < -0.39 is 0 Å². The number of aromatic nitrogens is 1. The van der Waals surface area contributed by atoms with E-state index in [1.165, 1.54) is 0 Å². The predicted octanol–water partition coefficient (Wildman–Crippen LogP) is 0.977. The molecule has 11 heavy (non-hydrogen) atoms. The van der Waals surface area contributed by atoms with Gasteiger partial charge in [-0.25, -0.2) is 5.90 Å². The maximum absolute atomic E-state index is 4.92. The molecule has 1 atom stereocenters. The van der Waals surface area contributed by atoms with E-state index in [1.807, 2.05) is 19.9 Å². The van der Waals surface area contributed by atoms with Crippen molar-refractivity contribution in [3.8, 4) is 0 Å². The fraction of sp³-hybridized carbons (Fsp3) is 0.571. The largest absolute Gasteiger partial charge is 0.361 e. The van der Waals surface area contributed by atoms with E-state index in [9.17, 15) is 0 Å². The molecule has 0 saturated carbocycles. The zero-order valence-electron chi connectivity index (χ0n) is 6.70. The van der Waals surface area contributed by atoms with E-state index in [1.54, 1.807) is 0 Å². The smallest absolute Gasteiger partial charge is 0.133 e. The van der Waals surface area contributed by atoms with Crippen LogP contribution in [0.3, 0.4) is 0 Å². The van der Waals surface area contributed by atoms with Crippen molar-refractivity contribution in [2.24, 2.45) is 5.90 Å². The van der Waals surface area contributed by atoms with Gasteiger partial charge in [-0.1, -0.05) is 12.1 Å². The number of nitrogens with zero attached hydrogens (tertiary/aromatic N) is 1. The number of hydrogen-bond donors (Lipinski definition) is 1. The van der Waals surface area contributed by atoms with E-state index >= 15 is 0 Å². The molecular formula is C7H12N2O2. The van der Waals surface area contributed by atoms with Gasteiger partial charge in [0.05, 0.1) is 12.3 Å². The molecule has 2 N–H and O–H groups in total. The first-order valence-corrected chi connectivity index (χ1v) is 3.49. The van der Waals surface area contributed by atoms with E-state index in [4.69, 9.17) is 10.4 Å². The molecule has 0 fully saturated rings. The summed E-state index contributed by atoms with van der Waals surface area (Å²) in [5, 5.41) is 3.82. The van der Waals surface area contributed by atoms with E-state index in [-0.39, 0.29) is 5.92 Å². The molecule has 1 aromatic heterocycles. The highest BCUT2D eigenvalue weighted by molar-refractivity contribution is 5.08. The first-order valence-electron chi connectivity index (χ1n) is 3.49. The lowest BCUT2D eigenvalue weighted by atomic mass is 10.1. The lowest BCUT2D eigenvalue weighted by Gasteiger charge is -2.03. The van der Waals surface area contributed by atoms with Crippen LogP contribution >= 0.6 is 0 Å². The van der Waals surface area contributed by atoms with Crippen LogP contribution in [0.1, 0.15) is 24.3 Å². The standard InChI is InChI=1S/C7H12N2O2/c1-5(4-10-8)7-3-6(2)11-9-7/h3,5H,4,8H2,1-2H3. The second kappa shape index (κ2) is 3.50. The van der Waals surface area contributed by atoms with Crippen molar-refractivity contribution in [1.29, 1.82) is 0 Å². The minimum Gasteiger partial charge on any atom is -0.361 e. The quantitative estimate of drug-likeness (QED) is 0.662. The Morgan fingerprint density at radius 3 is 3.00 bits per heavy atom. The summed E-state index contributed by atoms with van der Waals surface area (Å²) in [6.45, 7) is 4.29. The van der Waals surface area contributed by atoms with Crippen LogP contribution in [0.15, 0.2) is 10.6 Å². The van der Waals surface area contributed by atoms with Gasteiger partial charge in [-0.05, 0) is 6.92 Å². The third-order valence-electron chi connectivity index (χ3n) is 1.50. The molecule has 0 saturated heterocycles. The zero-order valence-corrected chi connectivity index (χ0v) is 6.70. The highest BCUT2D eigenvalue weighted by Gasteiger charge is 2.09. The van der Waals surface area contributed by atoms with Crippen LogP contribution in [-0.2, 0) is 4.84 Å². The Balaban J connectivity index is 2.60. The Bertz CT molecular complexity index is 222. The lowest BCUT2D eigenvalue weighted by Crippen LogP contribution is -2.08. The van der Waals surface area contributed by atoms with Gasteiger partial charge in [0.25, 0.3) is 0 Å². The van der Waals surface area contributed by atoms with Crippen molar-refractivity contribution in [2.45, 2.75) is 19.8 Å². The van der Waals surface area contributed by atoms with E-state index in [0.717, 1.165) is 11.5 Å². The fourth-order valence-corrected chi connectivity index (χ4v) is 0.848. The van der Waals surface area contributed by atoms with Gasteiger partial charge in [-0.2, -0.15) is 0 Å². The topological polar surface area (TPSA) is 61.3 Å². The predicted molar refractivity (Wildman–Crippen MR) is 39.8 cm³/mol. The average molecular weight is 156 g/mol. The molecule has 0 aliphatic carbocycles. The zero-order chi connectivity index (χ0) is 8.27. The van der Waals surface area contributed by atoms with Gasteiger partial charge in [0.2, 0.25) is 0 Å². The minimum absolute atomic E-state index is 0.192. The Morgan fingerprint density at radius 2 is 2.55 bits per heavy atom. The molecule has 0 bridgehead atoms. The summed E-state index contributed by atoms with van der Waals surface area (Å²) in [4.78, 5) is 4.49. The highest BCUT2D eigenvalue weighted by atomic mass is 16.6. The molecule has 0 aliphatic rings. The van der Waals surface area contributed by atoms with Gasteiger partial charge in [0, 0.05) is 12.0 Å². The molecular weight excluding hydrogens is 144 g/mol. The van der Waals surface area contributed by atoms with Gasteiger partial charge < -0.3 is 9.36 Å². The normalized spacial score (nSPS) is 13.4. The Kier molecular flexibility index (Phi) is 2.62. The average Bonchev–Trinajstić information content (AvgIpc) is 2.36. The number of nitrogens with two attached hydrogens (primary N) is 1. The Labute approximate surface area is 65.3 Å². The van der Waals surface area contributed by atoms with Crippen LogP contribution in [0.25, 0.3) is 0 Å². The summed E-state index contributed by atoms with van der Waals surface area (Å²) in [6.07, 6.45) is 0. The summed E-state index contributed by atoms with van der Waals surface area (Å²) in [5.41, 5.74) is 0.882. The molecule has 1 unspecified atom stereocenters. The summed E-state index contributed by atoms with van der Waals surface area (Å²) < 4.78 is 4.89. The van der Waals surface area contributed by atoms with Crippen LogP contribution in [-0.4, -0.2) is 11.8 Å². The number of aryl methyl sites for hydroxylation is 1. The SMILES string of the molecule is Cc1cc(C(C)CON)no1. The summed E-state index contributed by atoms with van der Waals surface area (Å²) in [6, 6.07) is 1.88. The molecule has 4 heteroatoms. The molecule has 62 valence electrons. The number of rotatable bonds is 3. The number of hydrogen-bond acceptors (Lipinski definition) is 4. The molecule has 1 rings (SSSR count). The molecule has 0 spiro atoms. The van der Waals surface area contributed by atoms with Crippen LogP contribution in [0.5, 0.6) is 0 Å². The van der Waals surface area contributed by atoms with Gasteiger partial charge in [0.15, 0.2) is 0 Å². The third-order valence-corrected chi connectivity index (χ3v) is 1.50. The minimum atomic E-state index is 0.192. The van der Waals surface area contributed by atoms with Crippen molar-refractivity contribution >= 4 is 0 Å². The highest BCUT2D eigenvalue weighted by Crippen LogP contribution is 2.13. The molecule has 1 heterocycles. The van der Waals surface area contributed by atoms with Gasteiger partial charge in [-0.15, -0.1) is 0 Å². The van der Waals surface area contributed by atoms with E-state index in [0.29, 0.717) is 6.61 Å². The molecule has 0 amide bonds. The second-order valence-corrected chi connectivity index (χ2v) is 2.60. The lowest BCUT2D eigenvalue weighted by molar-refractivity contribution is 0.125. The van der Waals surface area contributed by atoms with Crippen molar-refractivity contribution in [2.75, 3.05) is 6.61 Å². The van der Waals surface area contributed by atoms with Gasteiger partial charge in [0.1, 0.15) is 5.76 Å². The van der Waals surface area contributed by atoms with Gasteiger partial charge in [-0.3, -0.25) is 0 Å². The maximum Gasteiger partial charge on any atom is 0.133 e. The Morgan fingerprint density at radius 1 is 1.82 bits per heavy atom. The fourth-order valence-electron chi connectivity index (χ4n) is 0.848. The van der Waals surface area contributed by atoms with Gasteiger partial charge >= 0.3 is 0 Å². The van der Waals surface area contributed by atoms with Crippen LogP contribution in [0.4, 0.5) is 0 Å². The summed E-state index contributed by atoms with van der Waals surface area (Å²) in [7, 11) is 0. The third kappa shape index (κ3) is 2.03. The molecule has 4 nitrogen and oxygen atoms in total. The van der Waals surface area contributed by atoms with Crippen molar-refractivity contribution < 1.29 is 9.36 Å². The first-order chi connectivity index (χ1) is 5.24. The van der Waals surface area contributed by atoms with Crippen molar-refractivity contribution in [3.63, 3.8) is 0 Å². The summed E-state index contributed by atoms with van der Waals surface area (Å²) >= 11 is 0. The molecule has 0 aromatic carbocycles. The second-order valence-electron chi connectivity index (χ2n) is 2.60. The van der Waals surface area contributed by atoms with E-state index in [2.05, 4.69) is 9.99 Å². The molecule has 1 aromatic rings. The Hall–Kier alpha value is -0.870. The van der Waals surface area contributed by atoms with Crippen LogP contribution < -0.4 is 5.90 Å². The molecule has 0 aliphatic heterocycles. The maximum atomic E-state index is 4.92.